The van der Waals surface area contributed by atoms with Crippen LogP contribution in [0.3, 0.4) is 0 Å². The molecule has 0 radical (unpaired) electrons. The number of nitrogens with zero attached hydrogens (tertiary/aromatic N) is 3. The lowest BCUT2D eigenvalue weighted by molar-refractivity contribution is 0.524. The Kier molecular flexibility index (Phi) is 3.28. The van der Waals surface area contributed by atoms with Gasteiger partial charge in [0, 0.05) is 30.7 Å². The second-order valence-electron chi connectivity index (χ2n) is 3.42. The molecule has 0 unspecified atom stereocenters. The Morgan fingerprint density at radius 2 is 2.12 bits per heavy atom. The van der Waals surface area contributed by atoms with Crippen LogP contribution in [0.2, 0.25) is 0 Å². The molecule has 0 saturated carbocycles. The van der Waals surface area contributed by atoms with Crippen molar-refractivity contribution in [2.24, 2.45) is 0 Å². The normalized spacial score (nSPS) is 10.6. The van der Waals surface area contributed by atoms with Gasteiger partial charge in [-0.1, -0.05) is 0 Å². The standard InChI is InChI=1S/C10H11IN4O/c11-8-5-13-15(6-8)4-3-14-7-9(12)1-2-10(14)16/h1-2,5-7H,3-4,12H2. The van der Waals surface area contributed by atoms with Gasteiger partial charge < -0.3 is 10.3 Å². The summed E-state index contributed by atoms with van der Waals surface area (Å²) in [7, 11) is 0. The van der Waals surface area contributed by atoms with E-state index in [1.165, 1.54) is 6.07 Å². The van der Waals surface area contributed by atoms with E-state index in [0.717, 1.165) is 3.57 Å². The fourth-order valence-corrected chi connectivity index (χ4v) is 1.84. The van der Waals surface area contributed by atoms with Crippen molar-refractivity contribution in [2.45, 2.75) is 13.1 Å². The van der Waals surface area contributed by atoms with Crippen LogP contribution in [0, 0.1) is 3.57 Å². The van der Waals surface area contributed by atoms with Gasteiger partial charge in [-0.3, -0.25) is 9.48 Å². The van der Waals surface area contributed by atoms with Crippen LogP contribution >= 0.6 is 22.6 Å². The maximum atomic E-state index is 11.5. The van der Waals surface area contributed by atoms with E-state index < -0.39 is 0 Å². The molecule has 0 aromatic carbocycles. The van der Waals surface area contributed by atoms with Crippen LogP contribution in [0.15, 0.2) is 35.5 Å². The largest absolute Gasteiger partial charge is 0.398 e. The van der Waals surface area contributed by atoms with E-state index >= 15 is 0 Å². The Labute approximate surface area is 106 Å². The van der Waals surface area contributed by atoms with Gasteiger partial charge in [0.05, 0.1) is 16.3 Å². The molecular weight excluding hydrogens is 319 g/mol. The molecule has 0 saturated heterocycles. The number of nitrogens with two attached hydrogens (primary N) is 1. The van der Waals surface area contributed by atoms with Gasteiger partial charge in [0.25, 0.3) is 5.56 Å². The number of rotatable bonds is 3. The first-order valence-electron chi connectivity index (χ1n) is 4.79. The smallest absolute Gasteiger partial charge is 0.250 e. The van der Waals surface area contributed by atoms with Crippen molar-refractivity contribution in [1.82, 2.24) is 14.3 Å². The molecule has 6 heteroatoms. The summed E-state index contributed by atoms with van der Waals surface area (Å²) in [4.78, 5) is 11.5. The summed E-state index contributed by atoms with van der Waals surface area (Å²) in [5, 5.41) is 4.15. The molecule has 0 spiro atoms. The van der Waals surface area contributed by atoms with Gasteiger partial charge >= 0.3 is 0 Å². The Morgan fingerprint density at radius 1 is 1.31 bits per heavy atom. The maximum Gasteiger partial charge on any atom is 0.250 e. The highest BCUT2D eigenvalue weighted by Crippen LogP contribution is 2.01. The number of aromatic nitrogens is 3. The molecule has 5 nitrogen and oxygen atoms in total. The molecule has 0 aliphatic rings. The van der Waals surface area contributed by atoms with E-state index in [1.54, 1.807) is 27.7 Å². The molecule has 0 atom stereocenters. The number of hydrogen-bond acceptors (Lipinski definition) is 3. The number of pyridine rings is 1. The van der Waals surface area contributed by atoms with Gasteiger partial charge in [-0.2, -0.15) is 5.10 Å². The zero-order chi connectivity index (χ0) is 11.5. The van der Waals surface area contributed by atoms with E-state index in [1.807, 2.05) is 6.20 Å². The van der Waals surface area contributed by atoms with Crippen LogP contribution in [0.4, 0.5) is 5.69 Å². The van der Waals surface area contributed by atoms with Crippen molar-refractivity contribution in [3.8, 4) is 0 Å². The minimum Gasteiger partial charge on any atom is -0.398 e. The monoisotopic (exact) mass is 330 g/mol. The predicted octanol–water partition coefficient (Wildman–Crippen LogP) is 0.932. The Hall–Kier alpha value is -1.31. The Bertz CT molecular complexity index is 546. The molecule has 2 aromatic rings. The second kappa shape index (κ2) is 4.69. The molecule has 2 heterocycles. The van der Waals surface area contributed by atoms with Gasteiger partial charge in [0.2, 0.25) is 0 Å². The summed E-state index contributed by atoms with van der Waals surface area (Å²) >= 11 is 2.20. The first-order valence-corrected chi connectivity index (χ1v) is 5.87. The molecule has 2 rings (SSSR count). The van der Waals surface area contributed by atoms with E-state index in [9.17, 15) is 4.79 Å². The van der Waals surface area contributed by atoms with Crippen LogP contribution in [0.1, 0.15) is 0 Å². The quantitative estimate of drug-likeness (QED) is 0.852. The molecule has 0 amide bonds. The summed E-state index contributed by atoms with van der Waals surface area (Å²) in [6.45, 7) is 1.23. The zero-order valence-electron chi connectivity index (χ0n) is 8.51. The molecule has 0 aliphatic carbocycles. The fourth-order valence-electron chi connectivity index (χ4n) is 1.40. The zero-order valence-corrected chi connectivity index (χ0v) is 10.7. The van der Waals surface area contributed by atoms with Crippen molar-refractivity contribution < 1.29 is 0 Å². The topological polar surface area (TPSA) is 65.8 Å². The van der Waals surface area contributed by atoms with Crippen LogP contribution in [-0.2, 0) is 13.1 Å². The summed E-state index contributed by atoms with van der Waals surface area (Å²) in [5.41, 5.74) is 6.16. The average molecular weight is 330 g/mol. The summed E-state index contributed by atoms with van der Waals surface area (Å²) in [5.74, 6) is 0. The molecule has 0 fully saturated rings. The fraction of sp³-hybridized carbons (Fsp3) is 0.200. The third-order valence-corrected chi connectivity index (χ3v) is 2.74. The van der Waals surface area contributed by atoms with E-state index in [4.69, 9.17) is 5.73 Å². The molecule has 84 valence electrons. The minimum absolute atomic E-state index is 0.0453. The maximum absolute atomic E-state index is 11.5. The van der Waals surface area contributed by atoms with Gasteiger partial charge in [-0.05, 0) is 28.7 Å². The Balaban J connectivity index is 2.10. The van der Waals surface area contributed by atoms with Crippen LogP contribution < -0.4 is 11.3 Å². The van der Waals surface area contributed by atoms with Gasteiger partial charge in [0.1, 0.15) is 0 Å². The highest BCUT2D eigenvalue weighted by Gasteiger charge is 1.98. The van der Waals surface area contributed by atoms with Crippen molar-refractivity contribution in [2.75, 3.05) is 5.73 Å². The van der Waals surface area contributed by atoms with Crippen molar-refractivity contribution >= 4 is 28.3 Å². The van der Waals surface area contributed by atoms with Gasteiger partial charge in [-0.15, -0.1) is 0 Å². The number of nitrogen functional groups attached to an aromatic ring is 1. The first-order chi connectivity index (χ1) is 7.65. The van der Waals surface area contributed by atoms with E-state index in [-0.39, 0.29) is 5.56 Å². The van der Waals surface area contributed by atoms with Crippen molar-refractivity contribution in [3.63, 3.8) is 0 Å². The van der Waals surface area contributed by atoms with Crippen molar-refractivity contribution in [3.05, 3.63) is 44.6 Å². The third-order valence-electron chi connectivity index (χ3n) is 2.18. The van der Waals surface area contributed by atoms with Crippen LogP contribution in [0.5, 0.6) is 0 Å². The SMILES string of the molecule is Nc1ccc(=O)n(CCn2cc(I)cn2)c1. The first kappa shape index (κ1) is 11.2. The lowest BCUT2D eigenvalue weighted by atomic mass is 10.4. The second-order valence-corrected chi connectivity index (χ2v) is 4.66. The lowest BCUT2D eigenvalue weighted by Crippen LogP contribution is -2.21. The molecule has 2 aromatic heterocycles. The highest BCUT2D eigenvalue weighted by molar-refractivity contribution is 14.1. The number of anilines is 1. The lowest BCUT2D eigenvalue weighted by Gasteiger charge is -2.06. The summed E-state index contributed by atoms with van der Waals surface area (Å²) < 4.78 is 4.47. The van der Waals surface area contributed by atoms with E-state index in [0.29, 0.717) is 18.8 Å². The highest BCUT2D eigenvalue weighted by atomic mass is 127. The molecule has 0 aliphatic heterocycles. The molecule has 0 bridgehead atoms. The molecule has 2 N–H and O–H groups in total. The number of hydrogen-bond donors (Lipinski definition) is 1. The third kappa shape index (κ3) is 2.63. The van der Waals surface area contributed by atoms with Crippen molar-refractivity contribution in [1.29, 1.82) is 0 Å². The number of aryl methyl sites for hydroxylation is 2. The number of halogens is 1. The van der Waals surface area contributed by atoms with E-state index in [2.05, 4.69) is 27.7 Å². The van der Waals surface area contributed by atoms with Crippen LogP contribution in [-0.4, -0.2) is 14.3 Å². The molecular formula is C10H11IN4O. The average Bonchev–Trinajstić information content (AvgIpc) is 2.66. The minimum atomic E-state index is -0.0453. The predicted molar refractivity (Wildman–Crippen MR) is 70.1 cm³/mol. The van der Waals surface area contributed by atoms with Gasteiger partial charge in [0.15, 0.2) is 0 Å². The summed E-state index contributed by atoms with van der Waals surface area (Å²) in [6.07, 6.45) is 5.36. The van der Waals surface area contributed by atoms with Crippen LogP contribution in [0.25, 0.3) is 0 Å². The summed E-state index contributed by atoms with van der Waals surface area (Å²) in [6, 6.07) is 3.08. The molecule has 16 heavy (non-hydrogen) atoms. The van der Waals surface area contributed by atoms with Gasteiger partial charge in [-0.25, -0.2) is 0 Å². The Morgan fingerprint density at radius 3 is 2.81 bits per heavy atom.